The first kappa shape index (κ1) is 132. The maximum absolute atomic E-state index is 12.4. The number of rotatable bonds is 19. The third-order valence-electron chi connectivity index (χ3n) is 12.1. The molecular weight excluding hydrogens is 1740 g/mol. The van der Waals surface area contributed by atoms with Gasteiger partial charge in [-0.3, -0.25) is 20.4 Å². The average molecular weight is 1860 g/mol. The van der Waals surface area contributed by atoms with E-state index >= 15 is 0 Å². The van der Waals surface area contributed by atoms with E-state index in [1.165, 1.54) is 74.5 Å². The minimum atomic E-state index is -4.35. The van der Waals surface area contributed by atoms with Gasteiger partial charge in [0.05, 0.1) is 58.6 Å². The van der Waals surface area contributed by atoms with Gasteiger partial charge in [-0.25, -0.2) is 31.1 Å². The van der Waals surface area contributed by atoms with Gasteiger partial charge in [-0.05, 0) is 253 Å². The first-order valence-corrected chi connectivity index (χ1v) is 36.7. The van der Waals surface area contributed by atoms with E-state index in [9.17, 15) is 89.8 Å². The van der Waals surface area contributed by atoms with Crippen LogP contribution in [0.3, 0.4) is 0 Å². The molecule has 5 aromatic rings. The zero-order valence-corrected chi connectivity index (χ0v) is 75.0. The van der Waals surface area contributed by atoms with Crippen molar-refractivity contribution in [3.8, 4) is 12.1 Å². The molecule has 0 aromatic heterocycles. The number of aliphatic hydroxyl groups excluding tert-OH is 2. The summed E-state index contributed by atoms with van der Waals surface area (Å²) < 4.78 is 203. The number of likely N-dealkylation sites (N-methyl/N-ethyl adjacent to an activating group) is 1. The molecule has 5 aromatic carbocycles. The molecule has 26 nitrogen and oxygen atoms in total. The van der Waals surface area contributed by atoms with Crippen LogP contribution in [-0.2, 0) is 59.4 Å². The van der Waals surface area contributed by atoms with E-state index in [-0.39, 0.29) is 99.9 Å². The molecule has 696 valence electrons. The topological polar surface area (TPSA) is 406 Å². The van der Waals surface area contributed by atoms with Crippen LogP contribution in [0, 0.1) is 22.7 Å². The van der Waals surface area contributed by atoms with Gasteiger partial charge in [-0.15, -0.1) is 0 Å². The zero-order chi connectivity index (χ0) is 94.7. The number of hydrogen-bond acceptors (Lipinski definition) is 23. The van der Waals surface area contributed by atoms with Crippen LogP contribution in [0.5, 0.6) is 0 Å². The Morgan fingerprint density at radius 1 is 0.488 bits per heavy atom. The van der Waals surface area contributed by atoms with E-state index in [2.05, 4.69) is 63.9 Å². The molecule has 123 heavy (non-hydrogen) atoms. The van der Waals surface area contributed by atoms with Crippen molar-refractivity contribution in [3.05, 3.63) is 160 Å². The van der Waals surface area contributed by atoms with Gasteiger partial charge in [-0.1, -0.05) is 30.8 Å². The number of ether oxygens (including phenoxy) is 4. The molecule has 0 radical (unpaired) electrons. The number of ketones is 2. The molecule has 0 spiro atoms. The van der Waals surface area contributed by atoms with Crippen LogP contribution in [0.25, 0.3) is 0 Å². The van der Waals surface area contributed by atoms with Crippen molar-refractivity contribution in [3.63, 3.8) is 0 Å². The van der Waals surface area contributed by atoms with Crippen LogP contribution in [0.4, 0.5) is 109 Å². The number of aliphatic hydroxyl groups is 2. The normalized spacial score (nSPS) is 11.1. The number of hydrazine groups is 2. The maximum Gasteiger partial charge on any atom is 1.00 e. The summed E-state index contributed by atoms with van der Waals surface area (Å²) in [5.41, 5.74) is 12.6. The number of hydrazone groups is 1. The Morgan fingerprint density at radius 2 is 0.756 bits per heavy atom. The predicted molar refractivity (Wildman–Crippen MR) is 448 cm³/mol. The van der Waals surface area contributed by atoms with Crippen LogP contribution < -0.4 is 94.5 Å². The second-order valence-electron chi connectivity index (χ2n) is 26.6. The van der Waals surface area contributed by atoms with E-state index in [1.807, 2.05) is 19.4 Å². The second kappa shape index (κ2) is 69.0. The Morgan fingerprint density at radius 3 is 1.00 bits per heavy atom. The van der Waals surface area contributed by atoms with Crippen LogP contribution in [-0.4, -0.2) is 140 Å². The molecule has 0 saturated carbocycles. The van der Waals surface area contributed by atoms with Crippen molar-refractivity contribution in [2.45, 2.75) is 199 Å². The maximum atomic E-state index is 12.4. The number of carbonyl (C=O) groups excluding carboxylic acids is 5. The van der Waals surface area contributed by atoms with Crippen molar-refractivity contribution in [2.24, 2.45) is 10.9 Å². The summed E-state index contributed by atoms with van der Waals surface area (Å²) in [6.45, 7) is 33.3. The number of alkyl halides is 16. The number of allylic oxidation sites excluding steroid dienone is 2. The number of nitrogens with two attached hydrogens (primary N) is 2. The summed E-state index contributed by atoms with van der Waals surface area (Å²) in [5.74, 6) is 5.25. The van der Waals surface area contributed by atoms with E-state index in [0.717, 1.165) is 67.8 Å². The summed E-state index contributed by atoms with van der Waals surface area (Å²) in [6, 6.07) is 26.9. The van der Waals surface area contributed by atoms with Crippen LogP contribution in [0.1, 0.15) is 167 Å². The number of benzene rings is 5. The number of nitrogens with zero attached hydrogens (tertiary/aromatic N) is 3. The monoisotopic (exact) mass is 1860 g/mol. The Balaban J connectivity index is -0.000000175. The van der Waals surface area contributed by atoms with Gasteiger partial charge >= 0.3 is 78.7 Å². The SMILES string of the molecule is C.C.C/C(CNc1ccc(C(F)(F)F)cc1)=N\NC(=O)OC(C)(C)C.CC(=O)CBr.CC(=O)CNc1ccc(C(F)(F)F)cc1.CC(C)(C)OC(=O)NN.CC(CNc1ccc(C(F)(F)F)cc1)NNC(=O)OC(C)(C)C.CCO.CCO.CCOC(C)=C(C#N)C#N.CNC(C)CNc1ccc(C(F)(F)F)cc1.C[O-].Nc1ccc(C(F)(F)F)cc1.[Na+]. The van der Waals surface area contributed by atoms with Gasteiger partial charge < -0.3 is 66.6 Å². The van der Waals surface area contributed by atoms with Gasteiger partial charge in [0, 0.05) is 66.8 Å². The third kappa shape index (κ3) is 78.4. The van der Waals surface area contributed by atoms with Crippen molar-refractivity contribution >= 4 is 79.9 Å². The molecule has 0 bridgehead atoms. The van der Waals surface area contributed by atoms with Crippen LogP contribution in [0.15, 0.2) is 138 Å². The summed E-state index contributed by atoms with van der Waals surface area (Å²) in [5, 5.41) is 59.0. The Kier molecular flexibility index (Phi) is 73.9. The number of nitriles is 2. The molecule has 0 heterocycles. The number of Topliss-reactive ketones (excluding diaryl/α,β-unsaturated/α-hetero) is 2. The minimum absolute atomic E-state index is 0. The largest absolute Gasteiger partial charge is 1.00 e. The fourth-order valence-electron chi connectivity index (χ4n) is 6.68. The Labute approximate surface area is 742 Å². The predicted octanol–water partition coefficient (Wildman–Crippen LogP) is 15.2. The number of amides is 3. The first-order chi connectivity index (χ1) is 55.1. The fraction of sp³-hybridized carbons (Fsp3) is 0.500. The number of anilines is 5. The van der Waals surface area contributed by atoms with E-state index in [1.54, 1.807) is 116 Å². The Hall–Kier alpha value is -9.37. The first-order valence-electron chi connectivity index (χ1n) is 35.6. The van der Waals surface area contributed by atoms with Crippen LogP contribution in [0.2, 0.25) is 0 Å². The van der Waals surface area contributed by atoms with Crippen molar-refractivity contribution in [1.82, 2.24) is 27.0 Å². The molecule has 43 heteroatoms. The molecule has 0 saturated heterocycles. The quantitative estimate of drug-likeness (QED) is 0.00312. The van der Waals surface area contributed by atoms with Crippen molar-refractivity contribution in [1.29, 1.82) is 10.5 Å². The molecule has 15 N–H and O–H groups in total. The summed E-state index contributed by atoms with van der Waals surface area (Å²) in [7, 11) is 2.58. The molecule has 0 aliphatic rings. The molecule has 5 rings (SSSR count). The molecule has 2 atom stereocenters. The number of nitrogen functional groups attached to an aromatic ring is 1. The molecular formula is C80H121BrF15N14NaO12. The minimum Gasteiger partial charge on any atom is -0.857 e. The second-order valence-corrected chi connectivity index (χ2v) is 27.2. The molecule has 0 fully saturated rings. The van der Waals surface area contributed by atoms with E-state index < -0.39 is 93.8 Å². The third-order valence-corrected chi connectivity index (χ3v) is 12.9. The van der Waals surface area contributed by atoms with Crippen LogP contribution >= 0.6 is 15.9 Å². The van der Waals surface area contributed by atoms with Gasteiger partial charge in [0.25, 0.3) is 0 Å². The Bertz CT molecular complexity index is 3760. The average Bonchev–Trinajstić information content (AvgIpc) is 0.888. The van der Waals surface area contributed by atoms with Gasteiger partial charge in [0.15, 0.2) is 5.57 Å². The standard InChI is InChI=1S/C15H22F3N3O2.C15H20F3N3O2.C11H15F3N2.C10H10F3NO.C7H6F3N.C7H8N2O.C5H12N2O2.C3H5BrO.2C2H6O.CH3O.2CH4.Na/c2*1-10(20-21-13(22)23-14(2,3)4)9-19-12-7-5-11(6-8-12)15(16,17)18;1-8(15-2)7-16-10-5-3-9(4-6-10)11(12,13)14;1-7(15)6-14-9-4-2-8(3-5-9)10(11,12)13;8-7(9,10)5-1-3-6(11)4-2-5;1-3-10-6(2)7(4-8)5-9;1-5(2,3)9-4(8)7-6;1-3(5)2-4;2*1-2-3;1-2;;;/h5-8,10,19-20H,9H2,1-4H3,(H,21,22);5-8,19H,9H2,1-4H3,(H,21,22);3-6,8,15-16H,7H2,1-2H3;2-5,14H,6H2,1H3;1-4H,11H2;3H2,1-2H3;6H2,1-3H3,(H,7,8);2H2,1H3;2*3H,2H2,1H3;1H3;2*1H4;/q;;;;;;;;;;-1;;;+1/b;20-10+;;;;;;;;;;;;. The molecule has 0 aliphatic heterocycles. The summed E-state index contributed by atoms with van der Waals surface area (Å²) in [4.78, 5) is 53.6. The van der Waals surface area contributed by atoms with Gasteiger partial charge in [0.2, 0.25) is 0 Å². The summed E-state index contributed by atoms with van der Waals surface area (Å²) >= 11 is 2.96. The summed E-state index contributed by atoms with van der Waals surface area (Å²) in [6.07, 6.45) is -23.4. The van der Waals surface area contributed by atoms with Crippen molar-refractivity contribution < 1.29 is 154 Å². The van der Waals surface area contributed by atoms with E-state index in [4.69, 9.17) is 56.4 Å². The zero-order valence-electron chi connectivity index (χ0n) is 71.4. The number of carbonyl (C=O) groups is 5. The number of halogens is 16. The molecule has 0 aliphatic carbocycles. The van der Waals surface area contributed by atoms with Gasteiger partial charge in [-0.2, -0.15) is 88.6 Å². The molecule has 2 unspecified atom stereocenters. The smallest absolute Gasteiger partial charge is 0.857 e. The fourth-order valence-corrected chi connectivity index (χ4v) is 6.68. The number of nitrogens with one attached hydrogen (secondary N) is 9. The van der Waals surface area contributed by atoms with Crippen molar-refractivity contribution in [2.75, 3.05) is 92.5 Å². The van der Waals surface area contributed by atoms with E-state index in [0.29, 0.717) is 64.9 Å². The van der Waals surface area contributed by atoms with Gasteiger partial charge in [0.1, 0.15) is 46.3 Å². The number of hydrogen-bond donors (Lipinski definition) is 13. The molecule has 3 amide bonds.